The predicted molar refractivity (Wildman–Crippen MR) is 74.4 cm³/mol. The van der Waals surface area contributed by atoms with Crippen LogP contribution in [0.25, 0.3) is 0 Å². The molecule has 5 heteroatoms. The van der Waals surface area contributed by atoms with Gasteiger partial charge in [0.2, 0.25) is 0 Å². The van der Waals surface area contributed by atoms with Crippen LogP contribution >= 0.6 is 15.9 Å². The summed E-state index contributed by atoms with van der Waals surface area (Å²) in [5, 5.41) is 2.92. The third kappa shape index (κ3) is 3.44. The van der Waals surface area contributed by atoms with Crippen molar-refractivity contribution >= 4 is 21.6 Å². The van der Waals surface area contributed by atoms with Gasteiger partial charge in [-0.1, -0.05) is 15.9 Å². The molecule has 0 heterocycles. The lowest BCUT2D eigenvalue weighted by Gasteiger charge is -2.10. The highest BCUT2D eigenvalue weighted by Gasteiger charge is 2.06. The second kappa shape index (κ2) is 6.02. The van der Waals surface area contributed by atoms with Crippen molar-refractivity contribution in [1.82, 2.24) is 0 Å². The van der Waals surface area contributed by atoms with E-state index in [0.717, 1.165) is 21.9 Å². The van der Waals surface area contributed by atoms with Gasteiger partial charge in [-0.25, -0.2) is 8.78 Å². The standard InChI is InChI=1S/C14H12BrF2NO/c1-19-11-3-4-12(15)9(6-11)8-18-14-5-2-10(16)7-13(14)17/h2-7,18H,8H2,1H3. The average molecular weight is 328 g/mol. The largest absolute Gasteiger partial charge is 0.497 e. The number of anilines is 1. The van der Waals surface area contributed by atoms with Crippen molar-refractivity contribution in [2.75, 3.05) is 12.4 Å². The summed E-state index contributed by atoms with van der Waals surface area (Å²) in [7, 11) is 1.58. The Balaban J connectivity index is 2.14. The van der Waals surface area contributed by atoms with Crippen LogP contribution in [0.5, 0.6) is 5.75 Å². The molecule has 0 bridgehead atoms. The zero-order chi connectivity index (χ0) is 13.8. The summed E-state index contributed by atoms with van der Waals surface area (Å²) in [6.45, 7) is 0.403. The number of methoxy groups -OCH3 is 1. The number of rotatable bonds is 4. The van der Waals surface area contributed by atoms with E-state index in [2.05, 4.69) is 21.2 Å². The van der Waals surface area contributed by atoms with Crippen LogP contribution in [-0.2, 0) is 6.54 Å². The van der Waals surface area contributed by atoms with Gasteiger partial charge in [-0.3, -0.25) is 0 Å². The first-order valence-corrected chi connectivity index (χ1v) is 6.41. The van der Waals surface area contributed by atoms with Crippen LogP contribution in [0, 0.1) is 11.6 Å². The smallest absolute Gasteiger partial charge is 0.149 e. The molecule has 0 aromatic heterocycles. The minimum atomic E-state index is -0.612. The van der Waals surface area contributed by atoms with Crippen molar-refractivity contribution < 1.29 is 13.5 Å². The molecule has 0 radical (unpaired) electrons. The van der Waals surface area contributed by atoms with Gasteiger partial charge in [0.15, 0.2) is 0 Å². The molecule has 100 valence electrons. The number of halogens is 3. The number of ether oxygens (including phenoxy) is 1. The Hall–Kier alpha value is -1.62. The minimum Gasteiger partial charge on any atom is -0.497 e. The van der Waals surface area contributed by atoms with E-state index in [9.17, 15) is 8.78 Å². The summed E-state index contributed by atoms with van der Waals surface area (Å²) in [4.78, 5) is 0. The van der Waals surface area contributed by atoms with Crippen LogP contribution in [-0.4, -0.2) is 7.11 Å². The minimum absolute atomic E-state index is 0.260. The van der Waals surface area contributed by atoms with E-state index in [4.69, 9.17) is 4.74 Å². The maximum atomic E-state index is 13.5. The molecule has 0 aliphatic heterocycles. The average Bonchev–Trinajstić information content (AvgIpc) is 2.39. The lowest BCUT2D eigenvalue weighted by atomic mass is 10.2. The lowest BCUT2D eigenvalue weighted by Crippen LogP contribution is -2.02. The summed E-state index contributed by atoms with van der Waals surface area (Å²) in [6, 6.07) is 8.97. The summed E-state index contributed by atoms with van der Waals surface area (Å²) in [5.74, 6) is -0.482. The summed E-state index contributed by atoms with van der Waals surface area (Å²) < 4.78 is 32.3. The maximum absolute atomic E-state index is 13.5. The Kier molecular flexibility index (Phi) is 4.37. The van der Waals surface area contributed by atoms with Crippen LogP contribution < -0.4 is 10.1 Å². The van der Waals surface area contributed by atoms with E-state index >= 15 is 0 Å². The Morgan fingerprint density at radius 3 is 2.63 bits per heavy atom. The van der Waals surface area contributed by atoms with Crippen LogP contribution in [0.15, 0.2) is 40.9 Å². The third-order valence-corrected chi connectivity index (χ3v) is 3.43. The van der Waals surface area contributed by atoms with Crippen molar-refractivity contribution in [2.24, 2.45) is 0 Å². The van der Waals surface area contributed by atoms with Gasteiger partial charge in [-0.2, -0.15) is 0 Å². The topological polar surface area (TPSA) is 21.3 Å². The molecule has 0 saturated heterocycles. The molecule has 19 heavy (non-hydrogen) atoms. The van der Waals surface area contributed by atoms with Gasteiger partial charge in [0.1, 0.15) is 17.4 Å². The lowest BCUT2D eigenvalue weighted by molar-refractivity contribution is 0.414. The molecular weight excluding hydrogens is 316 g/mol. The molecular formula is C14H12BrF2NO. The van der Waals surface area contributed by atoms with Crippen LogP contribution in [0.4, 0.5) is 14.5 Å². The van der Waals surface area contributed by atoms with Gasteiger partial charge in [0.25, 0.3) is 0 Å². The van der Waals surface area contributed by atoms with Gasteiger partial charge >= 0.3 is 0 Å². The van der Waals surface area contributed by atoms with Gasteiger partial charge in [-0.05, 0) is 35.9 Å². The molecule has 0 aliphatic rings. The summed E-state index contributed by atoms with van der Waals surface area (Å²) >= 11 is 3.41. The molecule has 0 aliphatic carbocycles. The van der Waals surface area contributed by atoms with E-state index in [1.165, 1.54) is 12.1 Å². The van der Waals surface area contributed by atoms with Crippen LogP contribution in [0.2, 0.25) is 0 Å². The molecule has 0 fully saturated rings. The quantitative estimate of drug-likeness (QED) is 0.901. The van der Waals surface area contributed by atoms with E-state index in [-0.39, 0.29) is 5.69 Å². The Morgan fingerprint density at radius 1 is 1.16 bits per heavy atom. The molecule has 0 amide bonds. The zero-order valence-corrected chi connectivity index (χ0v) is 11.8. The molecule has 2 aromatic carbocycles. The van der Waals surface area contributed by atoms with Crippen molar-refractivity contribution in [1.29, 1.82) is 0 Å². The number of hydrogen-bond donors (Lipinski definition) is 1. The second-order valence-corrected chi connectivity index (χ2v) is 4.79. The Bertz CT molecular complexity index is 590. The second-order valence-electron chi connectivity index (χ2n) is 3.94. The molecule has 2 rings (SSSR count). The monoisotopic (exact) mass is 327 g/mol. The third-order valence-electron chi connectivity index (χ3n) is 2.65. The molecule has 2 nitrogen and oxygen atoms in total. The highest BCUT2D eigenvalue weighted by atomic mass is 79.9. The first-order valence-electron chi connectivity index (χ1n) is 5.61. The van der Waals surface area contributed by atoms with E-state index in [1.807, 2.05) is 18.2 Å². The first kappa shape index (κ1) is 13.8. The Labute approximate surface area is 118 Å². The van der Waals surface area contributed by atoms with Gasteiger partial charge < -0.3 is 10.1 Å². The summed E-state index contributed by atoms with van der Waals surface area (Å²) in [6.07, 6.45) is 0. The van der Waals surface area contributed by atoms with Gasteiger partial charge in [-0.15, -0.1) is 0 Å². The molecule has 0 saturated carbocycles. The fourth-order valence-corrected chi connectivity index (χ4v) is 2.02. The highest BCUT2D eigenvalue weighted by Crippen LogP contribution is 2.24. The molecule has 2 aromatic rings. The number of benzene rings is 2. The number of hydrogen-bond acceptors (Lipinski definition) is 2. The van der Waals surface area contributed by atoms with Crippen LogP contribution in [0.1, 0.15) is 5.56 Å². The van der Waals surface area contributed by atoms with Gasteiger partial charge in [0, 0.05) is 17.1 Å². The summed E-state index contributed by atoms with van der Waals surface area (Å²) in [5.41, 5.74) is 1.18. The highest BCUT2D eigenvalue weighted by molar-refractivity contribution is 9.10. The van der Waals surface area contributed by atoms with Crippen molar-refractivity contribution in [2.45, 2.75) is 6.54 Å². The SMILES string of the molecule is COc1ccc(Br)c(CNc2ccc(F)cc2F)c1. The van der Waals surface area contributed by atoms with E-state index in [1.54, 1.807) is 7.11 Å². The molecule has 0 atom stereocenters. The first-order chi connectivity index (χ1) is 9.10. The predicted octanol–water partition coefficient (Wildman–Crippen LogP) is 4.35. The van der Waals surface area contributed by atoms with Crippen LogP contribution in [0.3, 0.4) is 0 Å². The Morgan fingerprint density at radius 2 is 1.95 bits per heavy atom. The fraction of sp³-hybridized carbons (Fsp3) is 0.143. The number of nitrogens with one attached hydrogen (secondary N) is 1. The fourth-order valence-electron chi connectivity index (χ4n) is 1.64. The van der Waals surface area contributed by atoms with Crippen molar-refractivity contribution in [3.63, 3.8) is 0 Å². The zero-order valence-electron chi connectivity index (χ0n) is 10.2. The maximum Gasteiger partial charge on any atom is 0.149 e. The van der Waals surface area contributed by atoms with E-state index in [0.29, 0.717) is 6.54 Å². The normalized spacial score (nSPS) is 10.3. The van der Waals surface area contributed by atoms with E-state index < -0.39 is 11.6 Å². The molecule has 0 unspecified atom stereocenters. The molecule has 0 spiro atoms. The van der Waals surface area contributed by atoms with Gasteiger partial charge in [0.05, 0.1) is 12.8 Å². The molecule has 1 N–H and O–H groups in total. The van der Waals surface area contributed by atoms with Crippen molar-refractivity contribution in [3.8, 4) is 5.75 Å². The van der Waals surface area contributed by atoms with Crippen molar-refractivity contribution in [3.05, 3.63) is 58.1 Å².